The van der Waals surface area contributed by atoms with Gasteiger partial charge in [0.2, 0.25) is 11.9 Å². The number of hydrogen-bond acceptors (Lipinski definition) is 7. The molecule has 0 saturated carbocycles. The molecule has 10 nitrogen and oxygen atoms in total. The molecule has 3 heterocycles. The highest BCUT2D eigenvalue weighted by molar-refractivity contribution is 5.33. The first-order valence-corrected chi connectivity index (χ1v) is 20.3. The molecule has 8 aromatic rings. The predicted molar refractivity (Wildman–Crippen MR) is 247 cm³/mol. The number of nitrogens with zero attached hydrogens (tertiary/aromatic N) is 6. The van der Waals surface area contributed by atoms with Gasteiger partial charge in [-0.25, -0.2) is 9.36 Å². The molecule has 320 valence electrons. The molecule has 0 unspecified atom stereocenters. The van der Waals surface area contributed by atoms with E-state index in [1.54, 1.807) is 0 Å². The monoisotopic (exact) mass is 847 g/mol. The molecule has 0 saturated heterocycles. The second-order valence-corrected chi connectivity index (χ2v) is 13.7. The fraction of sp³-hybridized carbons (Fsp3) is 0.130. The third-order valence-electron chi connectivity index (χ3n) is 9.19. The Kier molecular flexibility index (Phi) is 21.2. The van der Waals surface area contributed by atoms with Crippen LogP contribution < -0.4 is 9.79 Å². The maximum absolute atomic E-state index is 10.6. The van der Waals surface area contributed by atoms with Gasteiger partial charge in [0.1, 0.15) is 18.1 Å². The minimum Gasteiger partial charge on any atom is -0.539 e. The molecule has 10 heteroatoms. The van der Waals surface area contributed by atoms with Crippen molar-refractivity contribution in [2.75, 3.05) is 0 Å². The van der Waals surface area contributed by atoms with Crippen molar-refractivity contribution in [3.05, 3.63) is 241 Å². The summed E-state index contributed by atoms with van der Waals surface area (Å²) in [6, 6.07) is 52.6. The Morgan fingerprint density at radius 1 is 0.672 bits per heavy atom. The Morgan fingerprint density at radius 3 is 1.77 bits per heavy atom. The van der Waals surface area contributed by atoms with E-state index in [-0.39, 0.29) is 13.6 Å². The number of carbonyl (C=O) groups excluding carboxylic acids is 2. The standard InChI is InChI=1S/C17H15N2.C17H16N2.C10H10.C8H6N2O2.CO2.CH4/c1-3-7-15(8-4-1)11-12-16-13-18-19(14-16)17-9-5-2-6-10-17;1-3-7-15(8-4-1)11-12-16-13-14-19(18-16)17-9-5-2-6-10-17;1-2-3-7-10-8-5-4-6-9-10;11-8-6-10(9-12-8)7-4-2-1-3-5-7;2-1-3;/h2-10,13-14H,11-12H2;1-10,13-14H,11-12H2;1,4-6,8-9H,3,7H2;1-6H;;1H4/q+1;;;;;. The van der Waals surface area contributed by atoms with Crippen LogP contribution in [0.1, 0.15) is 42.7 Å². The Bertz CT molecular complexity index is 2660. The van der Waals surface area contributed by atoms with Crippen molar-refractivity contribution >= 4 is 6.15 Å². The van der Waals surface area contributed by atoms with Gasteiger partial charge in [-0.15, -0.1) is 12.3 Å². The number of para-hydroxylation sites is 3. The van der Waals surface area contributed by atoms with E-state index in [1.165, 1.54) is 33.1 Å². The highest BCUT2D eigenvalue weighted by atomic mass is 16.6. The third-order valence-corrected chi connectivity index (χ3v) is 9.19. The lowest BCUT2D eigenvalue weighted by atomic mass is 10.0. The van der Waals surface area contributed by atoms with Crippen molar-refractivity contribution in [2.45, 2.75) is 46.0 Å². The number of rotatable bonds is 11. The van der Waals surface area contributed by atoms with Gasteiger partial charge in [-0.1, -0.05) is 123 Å². The molecule has 64 heavy (non-hydrogen) atoms. The molecule has 1 aliphatic rings. The van der Waals surface area contributed by atoms with Gasteiger partial charge in [0.15, 0.2) is 0 Å². The summed E-state index contributed by atoms with van der Waals surface area (Å²) in [5.74, 6) is 2.17. The lowest BCUT2D eigenvalue weighted by Gasteiger charge is -2.00. The van der Waals surface area contributed by atoms with Crippen LogP contribution in [0.5, 0.6) is 5.95 Å². The molecule has 0 fully saturated rings. The number of aryl methyl sites for hydroxylation is 4. The second kappa shape index (κ2) is 28.1. The molecule has 3 aromatic heterocycles. The van der Waals surface area contributed by atoms with Gasteiger partial charge in [-0.2, -0.15) is 19.8 Å². The van der Waals surface area contributed by atoms with Gasteiger partial charge in [-0.05, 0) is 77.4 Å². The Balaban J connectivity index is 0.000000188. The zero-order valence-corrected chi connectivity index (χ0v) is 34.8. The topological polar surface area (TPSA) is 123 Å². The lowest BCUT2D eigenvalue weighted by molar-refractivity contribution is -0.670. The summed E-state index contributed by atoms with van der Waals surface area (Å²) >= 11 is 0. The number of terminal acetylenes is 1. The molecule has 0 amide bonds. The Labute approximate surface area is 375 Å². The lowest BCUT2D eigenvalue weighted by Crippen LogP contribution is -2.31. The van der Waals surface area contributed by atoms with Crippen molar-refractivity contribution in [3.8, 4) is 35.4 Å². The normalized spacial score (nSPS) is 10.4. The summed E-state index contributed by atoms with van der Waals surface area (Å²) in [6.07, 6.45) is 29.8. The van der Waals surface area contributed by atoms with Gasteiger partial charge < -0.3 is 9.63 Å². The molecule has 0 atom stereocenters. The molecule has 0 N–H and O–H groups in total. The highest BCUT2D eigenvalue weighted by Crippen LogP contribution is 2.15. The van der Waals surface area contributed by atoms with Crippen LogP contribution in [0.2, 0.25) is 0 Å². The fourth-order valence-corrected chi connectivity index (χ4v) is 6.02. The molecule has 0 bridgehead atoms. The quantitative estimate of drug-likeness (QED) is 0.0722. The van der Waals surface area contributed by atoms with E-state index in [1.807, 2.05) is 125 Å². The maximum Gasteiger partial charge on any atom is 0.373 e. The smallest absolute Gasteiger partial charge is 0.373 e. The van der Waals surface area contributed by atoms with Gasteiger partial charge >= 0.3 is 6.15 Å². The number of benzene rings is 5. The third kappa shape index (κ3) is 17.3. The molecule has 5 aromatic carbocycles. The summed E-state index contributed by atoms with van der Waals surface area (Å²) in [7, 11) is 0. The van der Waals surface area contributed by atoms with Crippen LogP contribution in [-0.4, -0.2) is 31.0 Å². The molecule has 1 aliphatic carbocycles. The van der Waals surface area contributed by atoms with E-state index in [4.69, 9.17) is 16.0 Å². The fourth-order valence-electron chi connectivity index (χ4n) is 6.02. The van der Waals surface area contributed by atoms with E-state index in [0.717, 1.165) is 61.3 Å². The Hall–Kier alpha value is -8.47. The average molecular weight is 848 g/mol. The first-order valence-electron chi connectivity index (χ1n) is 20.3. The van der Waals surface area contributed by atoms with Gasteiger partial charge in [0.05, 0.1) is 46.3 Å². The maximum atomic E-state index is 10.6. The molecular weight excluding hydrogens is 797 g/mol. The van der Waals surface area contributed by atoms with E-state index in [9.17, 15) is 5.11 Å². The van der Waals surface area contributed by atoms with Crippen LogP contribution in [0.3, 0.4) is 0 Å². The second-order valence-electron chi connectivity index (χ2n) is 13.7. The summed E-state index contributed by atoms with van der Waals surface area (Å²) in [6.45, 7) is 0. The summed E-state index contributed by atoms with van der Waals surface area (Å²) in [5, 5.41) is 23.2. The van der Waals surface area contributed by atoms with E-state index < -0.39 is 5.95 Å². The van der Waals surface area contributed by atoms with Crippen LogP contribution >= 0.6 is 0 Å². The van der Waals surface area contributed by atoms with Gasteiger partial charge in [0, 0.05) is 43.4 Å². The number of hydrogen-bond donors (Lipinski definition) is 0. The predicted octanol–water partition coefficient (Wildman–Crippen LogP) is 9.65. The van der Waals surface area contributed by atoms with Crippen molar-refractivity contribution in [1.82, 2.24) is 24.8 Å². The minimum atomic E-state index is -0.446. The van der Waals surface area contributed by atoms with Crippen molar-refractivity contribution < 1.29 is 23.9 Å². The zero-order chi connectivity index (χ0) is 44.2. The van der Waals surface area contributed by atoms with E-state index in [0.29, 0.717) is 0 Å². The SMILES string of the molecule is C.C#CCCc1ccccc1.O=C=O.[C+]1=CC=C(CCc2cnn(-c3ccccc3)c2)C=C1.[O-]c1c[n+](-c2ccccc2)no1.c1ccc(CCc2ccn(-c3ccccc3)n2)cc1. The molecule has 0 spiro atoms. The van der Waals surface area contributed by atoms with E-state index in [2.05, 4.69) is 117 Å². The van der Waals surface area contributed by atoms with Crippen LogP contribution in [0.4, 0.5) is 0 Å². The summed E-state index contributed by atoms with van der Waals surface area (Å²) in [5.41, 5.74) is 9.42. The first kappa shape index (κ1) is 48.2. The van der Waals surface area contributed by atoms with Gasteiger partial charge in [0.25, 0.3) is 0 Å². The largest absolute Gasteiger partial charge is 0.539 e. The van der Waals surface area contributed by atoms with Crippen molar-refractivity contribution in [1.29, 1.82) is 0 Å². The molecule has 0 radical (unpaired) electrons. The summed E-state index contributed by atoms with van der Waals surface area (Å²) in [4.78, 5) is 16.2. The van der Waals surface area contributed by atoms with Crippen LogP contribution in [-0.2, 0) is 35.3 Å². The summed E-state index contributed by atoms with van der Waals surface area (Å²) < 4.78 is 9.62. The van der Waals surface area contributed by atoms with Crippen LogP contribution in [0.25, 0.3) is 17.1 Å². The van der Waals surface area contributed by atoms with Crippen LogP contribution in [0.15, 0.2) is 217 Å². The number of aromatic nitrogens is 6. The molecule has 9 rings (SSSR count). The molecular formula is C54H51N6O4+. The minimum absolute atomic E-state index is 0. The van der Waals surface area contributed by atoms with Crippen molar-refractivity contribution in [3.63, 3.8) is 0 Å². The Morgan fingerprint density at radius 2 is 1.22 bits per heavy atom. The number of allylic oxidation sites excluding steroid dienone is 6. The first-order chi connectivity index (χ1) is 31.0. The average Bonchev–Trinajstić information content (AvgIpc) is 4.15. The highest BCUT2D eigenvalue weighted by Gasteiger charge is 2.07. The van der Waals surface area contributed by atoms with E-state index >= 15 is 0 Å². The zero-order valence-electron chi connectivity index (χ0n) is 34.8. The van der Waals surface area contributed by atoms with Crippen LogP contribution in [0, 0.1) is 18.4 Å². The molecule has 0 aliphatic heterocycles. The van der Waals surface area contributed by atoms with Crippen molar-refractivity contribution in [2.24, 2.45) is 0 Å². The van der Waals surface area contributed by atoms with Gasteiger partial charge in [-0.3, -0.25) is 0 Å².